The number of rotatable bonds is 5. The van der Waals surface area contributed by atoms with E-state index in [1.807, 2.05) is 19.9 Å². The zero-order valence-electron chi connectivity index (χ0n) is 13.4. The van der Waals surface area contributed by atoms with E-state index in [1.165, 1.54) is 0 Å². The first-order valence-electron chi connectivity index (χ1n) is 7.09. The molecule has 3 heterocycles. The third-order valence-corrected chi connectivity index (χ3v) is 3.86. The monoisotopic (exact) mass is 348 g/mol. The highest BCUT2D eigenvalue weighted by Crippen LogP contribution is 2.17. The molecule has 0 fully saturated rings. The van der Waals surface area contributed by atoms with Crippen molar-refractivity contribution in [3.63, 3.8) is 0 Å². The topological polar surface area (TPSA) is 116 Å². The summed E-state index contributed by atoms with van der Waals surface area (Å²) < 4.78 is 31.2. The van der Waals surface area contributed by atoms with E-state index in [4.69, 9.17) is 4.52 Å². The molecular formula is C14H16N6O3S. The fraction of sp³-hybridized carbons (Fsp3) is 0.286. The van der Waals surface area contributed by atoms with Crippen molar-refractivity contribution >= 4 is 10.0 Å². The van der Waals surface area contributed by atoms with Crippen LogP contribution < -0.4 is 4.72 Å². The van der Waals surface area contributed by atoms with Crippen molar-refractivity contribution in [2.45, 2.75) is 20.4 Å². The Morgan fingerprint density at radius 2 is 2.08 bits per heavy atom. The molecule has 0 aliphatic rings. The molecule has 0 unspecified atom stereocenters. The molecule has 9 nitrogen and oxygen atoms in total. The van der Waals surface area contributed by atoms with Crippen LogP contribution >= 0.6 is 0 Å². The molecule has 0 spiro atoms. The SMILES string of the molecule is Cc1cc(C)n(-c2ccc(-c3noc(CNS(C)(=O)=O)n3)cn2)n1. The number of pyridine rings is 1. The van der Waals surface area contributed by atoms with Gasteiger partial charge in [-0.25, -0.2) is 22.8 Å². The summed E-state index contributed by atoms with van der Waals surface area (Å²) in [5.41, 5.74) is 2.57. The Balaban J connectivity index is 1.79. The van der Waals surface area contributed by atoms with Crippen LogP contribution in [0.5, 0.6) is 0 Å². The Labute approximate surface area is 138 Å². The second kappa shape index (κ2) is 6.13. The predicted octanol–water partition coefficient (Wildman–Crippen LogP) is 0.983. The largest absolute Gasteiger partial charge is 0.338 e. The predicted molar refractivity (Wildman–Crippen MR) is 85.8 cm³/mol. The first kappa shape index (κ1) is 16.3. The zero-order valence-corrected chi connectivity index (χ0v) is 14.2. The summed E-state index contributed by atoms with van der Waals surface area (Å²) in [6, 6.07) is 5.58. The number of sulfonamides is 1. The first-order valence-corrected chi connectivity index (χ1v) is 8.98. The Morgan fingerprint density at radius 3 is 2.67 bits per heavy atom. The second-order valence-corrected chi connectivity index (χ2v) is 7.18. The van der Waals surface area contributed by atoms with Gasteiger partial charge < -0.3 is 4.52 Å². The van der Waals surface area contributed by atoms with Gasteiger partial charge in [-0.1, -0.05) is 5.16 Å². The molecule has 0 radical (unpaired) electrons. The molecule has 24 heavy (non-hydrogen) atoms. The summed E-state index contributed by atoms with van der Waals surface area (Å²) in [6.45, 7) is 3.82. The van der Waals surface area contributed by atoms with Gasteiger partial charge in [-0.3, -0.25) is 0 Å². The number of nitrogens with one attached hydrogen (secondary N) is 1. The van der Waals surface area contributed by atoms with Crippen LogP contribution in [-0.4, -0.2) is 39.6 Å². The summed E-state index contributed by atoms with van der Waals surface area (Å²) in [5.74, 6) is 1.21. The van der Waals surface area contributed by atoms with Crippen molar-refractivity contribution in [3.05, 3.63) is 41.7 Å². The Bertz CT molecular complexity index is 959. The quantitative estimate of drug-likeness (QED) is 0.730. The third kappa shape index (κ3) is 3.66. The molecule has 3 rings (SSSR count). The minimum absolute atomic E-state index is 0.0525. The lowest BCUT2D eigenvalue weighted by Crippen LogP contribution is -2.21. The summed E-state index contributed by atoms with van der Waals surface area (Å²) in [4.78, 5) is 8.50. The molecule has 1 N–H and O–H groups in total. The number of hydrogen-bond donors (Lipinski definition) is 1. The van der Waals surface area contributed by atoms with E-state index in [9.17, 15) is 8.42 Å². The van der Waals surface area contributed by atoms with Crippen molar-refractivity contribution in [2.24, 2.45) is 0 Å². The highest BCUT2D eigenvalue weighted by Gasteiger charge is 2.12. The van der Waals surface area contributed by atoms with Crippen molar-refractivity contribution in [1.82, 2.24) is 29.6 Å². The second-order valence-electron chi connectivity index (χ2n) is 5.35. The average molecular weight is 348 g/mol. The molecule has 126 valence electrons. The van der Waals surface area contributed by atoms with Gasteiger partial charge in [0.15, 0.2) is 5.82 Å². The Kier molecular flexibility index (Phi) is 4.16. The van der Waals surface area contributed by atoms with E-state index < -0.39 is 10.0 Å². The smallest absolute Gasteiger partial charge is 0.242 e. The summed E-state index contributed by atoms with van der Waals surface area (Å²) in [5, 5.41) is 8.20. The van der Waals surface area contributed by atoms with Crippen LogP contribution in [-0.2, 0) is 16.6 Å². The van der Waals surface area contributed by atoms with Crippen molar-refractivity contribution in [2.75, 3.05) is 6.26 Å². The van der Waals surface area contributed by atoms with E-state index in [-0.39, 0.29) is 12.4 Å². The Hall–Kier alpha value is -2.59. The van der Waals surface area contributed by atoms with E-state index >= 15 is 0 Å². The van der Waals surface area contributed by atoms with Gasteiger partial charge in [0.05, 0.1) is 18.5 Å². The summed E-state index contributed by atoms with van der Waals surface area (Å²) in [7, 11) is -3.32. The van der Waals surface area contributed by atoms with E-state index in [1.54, 1.807) is 23.0 Å². The molecule has 10 heteroatoms. The van der Waals surface area contributed by atoms with Gasteiger partial charge in [-0.2, -0.15) is 10.1 Å². The van der Waals surface area contributed by atoms with Crippen LogP contribution in [0.25, 0.3) is 17.2 Å². The molecular weight excluding hydrogens is 332 g/mol. The normalized spacial score (nSPS) is 11.8. The van der Waals surface area contributed by atoms with Crippen LogP contribution in [0.2, 0.25) is 0 Å². The molecule has 0 saturated heterocycles. The van der Waals surface area contributed by atoms with E-state index in [2.05, 4.69) is 24.9 Å². The first-order chi connectivity index (χ1) is 11.3. The standard InChI is InChI=1S/C14H16N6O3S/c1-9-6-10(2)20(18-9)12-5-4-11(7-15-12)14-17-13(23-19-14)8-16-24(3,21)22/h4-7,16H,8H2,1-3H3. The third-order valence-electron chi connectivity index (χ3n) is 3.19. The number of aryl methyl sites for hydroxylation is 2. The fourth-order valence-corrected chi connectivity index (χ4v) is 2.53. The number of nitrogens with zero attached hydrogens (tertiary/aromatic N) is 5. The molecule has 3 aromatic heterocycles. The lowest BCUT2D eigenvalue weighted by atomic mass is 10.2. The maximum atomic E-state index is 11.1. The molecule has 0 amide bonds. The molecule has 0 atom stereocenters. The fourth-order valence-electron chi connectivity index (χ4n) is 2.14. The van der Waals surface area contributed by atoms with Gasteiger partial charge in [0, 0.05) is 17.5 Å². The van der Waals surface area contributed by atoms with E-state index in [0.717, 1.165) is 17.6 Å². The summed E-state index contributed by atoms with van der Waals surface area (Å²) >= 11 is 0. The van der Waals surface area contributed by atoms with Gasteiger partial charge in [-0.05, 0) is 32.0 Å². The molecule has 3 aromatic rings. The van der Waals surface area contributed by atoms with Crippen LogP contribution in [0.1, 0.15) is 17.3 Å². The maximum absolute atomic E-state index is 11.1. The molecule has 0 saturated carbocycles. The lowest BCUT2D eigenvalue weighted by molar-refractivity contribution is 0.376. The van der Waals surface area contributed by atoms with Crippen LogP contribution in [0.4, 0.5) is 0 Å². The molecule has 0 aromatic carbocycles. The molecule has 0 aliphatic carbocycles. The van der Waals surface area contributed by atoms with Gasteiger partial charge in [-0.15, -0.1) is 0 Å². The van der Waals surface area contributed by atoms with E-state index in [0.29, 0.717) is 17.2 Å². The minimum atomic E-state index is -3.32. The highest BCUT2D eigenvalue weighted by molar-refractivity contribution is 7.88. The van der Waals surface area contributed by atoms with Crippen molar-refractivity contribution in [1.29, 1.82) is 0 Å². The van der Waals surface area contributed by atoms with Crippen LogP contribution in [0.15, 0.2) is 28.9 Å². The highest BCUT2D eigenvalue weighted by atomic mass is 32.2. The van der Waals surface area contributed by atoms with Gasteiger partial charge in [0.1, 0.15) is 0 Å². The van der Waals surface area contributed by atoms with Gasteiger partial charge in [0.25, 0.3) is 0 Å². The lowest BCUT2D eigenvalue weighted by Gasteiger charge is -2.03. The van der Waals surface area contributed by atoms with Crippen LogP contribution in [0.3, 0.4) is 0 Å². The number of hydrogen-bond acceptors (Lipinski definition) is 7. The maximum Gasteiger partial charge on any atom is 0.242 e. The van der Waals surface area contributed by atoms with Crippen LogP contribution in [0, 0.1) is 13.8 Å². The molecule has 0 aliphatic heterocycles. The van der Waals surface area contributed by atoms with Gasteiger partial charge in [0.2, 0.25) is 21.7 Å². The van der Waals surface area contributed by atoms with Crippen molar-refractivity contribution in [3.8, 4) is 17.2 Å². The van der Waals surface area contributed by atoms with Crippen molar-refractivity contribution < 1.29 is 12.9 Å². The minimum Gasteiger partial charge on any atom is -0.338 e. The zero-order chi connectivity index (χ0) is 17.3. The average Bonchev–Trinajstić information content (AvgIpc) is 3.11. The number of aromatic nitrogens is 5. The Morgan fingerprint density at radius 1 is 1.29 bits per heavy atom. The molecule has 0 bridgehead atoms. The van der Waals surface area contributed by atoms with Gasteiger partial charge >= 0.3 is 0 Å². The summed E-state index contributed by atoms with van der Waals surface area (Å²) in [6.07, 6.45) is 2.68.